The molecule has 0 spiro atoms. The molecule has 20 heavy (non-hydrogen) atoms. The van der Waals surface area contributed by atoms with Crippen molar-refractivity contribution in [2.24, 2.45) is 0 Å². The second kappa shape index (κ2) is 5.13. The van der Waals surface area contributed by atoms with Gasteiger partial charge < -0.3 is 5.73 Å². The summed E-state index contributed by atoms with van der Waals surface area (Å²) in [5.74, 6) is 0. The van der Waals surface area contributed by atoms with E-state index >= 15 is 0 Å². The van der Waals surface area contributed by atoms with E-state index in [2.05, 4.69) is 40.1 Å². The molecular formula is C16H14BrN3. The molecule has 100 valence electrons. The van der Waals surface area contributed by atoms with Gasteiger partial charge in [-0.3, -0.25) is 0 Å². The number of nitrogens with two attached hydrogens (primary N) is 1. The van der Waals surface area contributed by atoms with Crippen LogP contribution >= 0.6 is 15.9 Å². The van der Waals surface area contributed by atoms with Crippen LogP contribution in [0.15, 0.2) is 59.2 Å². The first kappa shape index (κ1) is 12.9. The van der Waals surface area contributed by atoms with Gasteiger partial charge in [-0.2, -0.15) is 5.10 Å². The van der Waals surface area contributed by atoms with Gasteiger partial charge in [0, 0.05) is 10.0 Å². The summed E-state index contributed by atoms with van der Waals surface area (Å²) in [5, 5.41) is 4.59. The maximum atomic E-state index is 6.08. The molecule has 0 amide bonds. The molecule has 4 heteroatoms. The molecule has 3 aromatic rings. The van der Waals surface area contributed by atoms with Crippen molar-refractivity contribution in [3.05, 3.63) is 64.8 Å². The van der Waals surface area contributed by atoms with Crippen molar-refractivity contribution in [1.29, 1.82) is 0 Å². The van der Waals surface area contributed by atoms with E-state index in [1.807, 2.05) is 47.3 Å². The minimum Gasteiger partial charge on any atom is -0.396 e. The van der Waals surface area contributed by atoms with E-state index in [1.54, 1.807) is 0 Å². The van der Waals surface area contributed by atoms with Crippen LogP contribution in [0.1, 0.15) is 5.56 Å². The lowest BCUT2D eigenvalue weighted by molar-refractivity contribution is 0.884. The lowest BCUT2D eigenvalue weighted by Crippen LogP contribution is -1.94. The van der Waals surface area contributed by atoms with Gasteiger partial charge in [0.15, 0.2) is 0 Å². The molecule has 0 radical (unpaired) electrons. The summed E-state index contributed by atoms with van der Waals surface area (Å²) in [6.45, 7) is 2.06. The summed E-state index contributed by atoms with van der Waals surface area (Å²) in [5.41, 5.74) is 10.8. The number of anilines is 1. The lowest BCUT2D eigenvalue weighted by Gasteiger charge is -2.01. The van der Waals surface area contributed by atoms with E-state index < -0.39 is 0 Å². The summed E-state index contributed by atoms with van der Waals surface area (Å²) in [6, 6.07) is 16.2. The Balaban J connectivity index is 2.02. The predicted molar refractivity (Wildman–Crippen MR) is 85.8 cm³/mol. The van der Waals surface area contributed by atoms with Gasteiger partial charge in [0.1, 0.15) is 5.69 Å². The highest BCUT2D eigenvalue weighted by molar-refractivity contribution is 9.10. The zero-order valence-electron chi connectivity index (χ0n) is 11.0. The van der Waals surface area contributed by atoms with Crippen molar-refractivity contribution in [3.8, 4) is 16.9 Å². The van der Waals surface area contributed by atoms with Crippen LogP contribution in [0.3, 0.4) is 0 Å². The van der Waals surface area contributed by atoms with E-state index in [-0.39, 0.29) is 0 Å². The molecule has 0 atom stereocenters. The Kier molecular flexibility index (Phi) is 3.32. The van der Waals surface area contributed by atoms with Crippen molar-refractivity contribution < 1.29 is 0 Å². The Labute approximate surface area is 126 Å². The first-order valence-corrected chi connectivity index (χ1v) is 7.11. The fourth-order valence-electron chi connectivity index (χ4n) is 2.05. The average Bonchev–Trinajstić information content (AvgIpc) is 2.82. The first-order valence-electron chi connectivity index (χ1n) is 6.31. The molecule has 0 bridgehead atoms. The number of nitrogen functional groups attached to an aromatic ring is 1. The van der Waals surface area contributed by atoms with E-state index in [9.17, 15) is 0 Å². The van der Waals surface area contributed by atoms with Crippen LogP contribution in [0.25, 0.3) is 16.9 Å². The quantitative estimate of drug-likeness (QED) is 0.766. The van der Waals surface area contributed by atoms with Crippen molar-refractivity contribution in [1.82, 2.24) is 9.78 Å². The smallest absolute Gasteiger partial charge is 0.116 e. The van der Waals surface area contributed by atoms with E-state index in [0.29, 0.717) is 5.69 Å². The molecule has 0 unspecified atom stereocenters. The number of hydrogen-bond donors (Lipinski definition) is 1. The van der Waals surface area contributed by atoms with Crippen LogP contribution in [-0.4, -0.2) is 9.78 Å². The van der Waals surface area contributed by atoms with Crippen molar-refractivity contribution in [2.75, 3.05) is 5.73 Å². The average molecular weight is 328 g/mol. The molecule has 0 fully saturated rings. The monoisotopic (exact) mass is 327 g/mol. The molecule has 3 rings (SSSR count). The molecule has 3 nitrogen and oxygen atoms in total. The Morgan fingerprint density at radius 1 is 1.00 bits per heavy atom. The molecule has 1 heterocycles. The predicted octanol–water partition coefficient (Wildman–Crippen LogP) is 4.19. The number of aromatic nitrogens is 2. The molecule has 0 aliphatic heterocycles. The molecule has 0 saturated heterocycles. The number of rotatable bonds is 2. The third-order valence-corrected chi connectivity index (χ3v) is 3.69. The van der Waals surface area contributed by atoms with Gasteiger partial charge in [-0.1, -0.05) is 45.8 Å². The first-order chi connectivity index (χ1) is 9.63. The van der Waals surface area contributed by atoms with E-state index in [1.165, 1.54) is 5.56 Å². The van der Waals surface area contributed by atoms with Crippen LogP contribution in [0.4, 0.5) is 5.69 Å². The second-order valence-electron chi connectivity index (χ2n) is 4.72. The largest absolute Gasteiger partial charge is 0.396 e. The molecule has 0 saturated carbocycles. The Bertz CT molecular complexity index is 727. The standard InChI is InChI=1S/C16H14BrN3/c1-11-2-8-14(9-3-11)20-10-15(18)16(19-20)12-4-6-13(17)7-5-12/h2-10H,18H2,1H3. The zero-order valence-corrected chi connectivity index (χ0v) is 12.6. The molecule has 2 N–H and O–H groups in total. The minimum absolute atomic E-state index is 0.674. The lowest BCUT2D eigenvalue weighted by atomic mass is 10.1. The fraction of sp³-hybridized carbons (Fsp3) is 0.0625. The normalized spacial score (nSPS) is 10.7. The maximum absolute atomic E-state index is 6.08. The van der Waals surface area contributed by atoms with Crippen molar-refractivity contribution in [3.63, 3.8) is 0 Å². The van der Waals surface area contributed by atoms with Gasteiger partial charge in [-0.15, -0.1) is 0 Å². The summed E-state index contributed by atoms with van der Waals surface area (Å²) in [4.78, 5) is 0. The molecule has 2 aromatic carbocycles. The van der Waals surface area contributed by atoms with Gasteiger partial charge in [0.25, 0.3) is 0 Å². The molecule has 0 aliphatic rings. The second-order valence-corrected chi connectivity index (χ2v) is 5.64. The van der Waals surface area contributed by atoms with Gasteiger partial charge in [0.05, 0.1) is 17.6 Å². The van der Waals surface area contributed by atoms with Crippen LogP contribution in [0, 0.1) is 6.92 Å². The summed E-state index contributed by atoms with van der Waals surface area (Å²) in [6.07, 6.45) is 1.85. The van der Waals surface area contributed by atoms with Crippen LogP contribution in [0.5, 0.6) is 0 Å². The highest BCUT2D eigenvalue weighted by Crippen LogP contribution is 2.26. The topological polar surface area (TPSA) is 43.8 Å². The number of halogens is 1. The third kappa shape index (κ3) is 2.47. The molecule has 0 aliphatic carbocycles. The molecular weight excluding hydrogens is 314 g/mol. The highest BCUT2D eigenvalue weighted by atomic mass is 79.9. The van der Waals surface area contributed by atoms with Gasteiger partial charge in [-0.05, 0) is 31.2 Å². The number of hydrogen-bond acceptors (Lipinski definition) is 2. The van der Waals surface area contributed by atoms with Crippen molar-refractivity contribution >= 4 is 21.6 Å². The fourth-order valence-corrected chi connectivity index (χ4v) is 2.31. The van der Waals surface area contributed by atoms with Crippen LogP contribution in [-0.2, 0) is 0 Å². The Morgan fingerprint density at radius 2 is 1.65 bits per heavy atom. The Hall–Kier alpha value is -2.07. The number of nitrogens with zero attached hydrogens (tertiary/aromatic N) is 2. The summed E-state index contributed by atoms with van der Waals surface area (Å²) >= 11 is 3.43. The summed E-state index contributed by atoms with van der Waals surface area (Å²) < 4.78 is 2.85. The zero-order chi connectivity index (χ0) is 14.1. The molecule has 1 aromatic heterocycles. The van der Waals surface area contributed by atoms with E-state index in [0.717, 1.165) is 21.4 Å². The van der Waals surface area contributed by atoms with Crippen LogP contribution in [0.2, 0.25) is 0 Å². The SMILES string of the molecule is Cc1ccc(-n2cc(N)c(-c3ccc(Br)cc3)n2)cc1. The minimum atomic E-state index is 0.674. The Morgan fingerprint density at radius 3 is 2.30 bits per heavy atom. The number of benzene rings is 2. The van der Waals surface area contributed by atoms with Gasteiger partial charge in [-0.25, -0.2) is 4.68 Å². The van der Waals surface area contributed by atoms with Gasteiger partial charge in [0.2, 0.25) is 0 Å². The van der Waals surface area contributed by atoms with Gasteiger partial charge >= 0.3 is 0 Å². The number of aryl methyl sites for hydroxylation is 1. The van der Waals surface area contributed by atoms with Crippen LogP contribution < -0.4 is 5.73 Å². The highest BCUT2D eigenvalue weighted by Gasteiger charge is 2.09. The van der Waals surface area contributed by atoms with E-state index in [4.69, 9.17) is 5.73 Å². The maximum Gasteiger partial charge on any atom is 0.116 e. The summed E-state index contributed by atoms with van der Waals surface area (Å²) in [7, 11) is 0. The third-order valence-electron chi connectivity index (χ3n) is 3.16. The van der Waals surface area contributed by atoms with Crippen molar-refractivity contribution in [2.45, 2.75) is 6.92 Å².